The van der Waals surface area contributed by atoms with Gasteiger partial charge < -0.3 is 11.1 Å². The molecular weight excluding hydrogens is 423 g/mol. The Kier molecular flexibility index (Phi) is 5.94. The monoisotopic (exact) mass is 443 g/mol. The fraction of sp³-hybridized carbons (Fsp3) is 0.273. The maximum atomic E-state index is 14.7. The molecular formula is C22H20F3N5O2. The lowest BCUT2D eigenvalue weighted by atomic mass is 9.86. The Hall–Kier alpha value is -3.87. The van der Waals surface area contributed by atoms with Crippen molar-refractivity contribution in [1.82, 2.24) is 15.1 Å². The van der Waals surface area contributed by atoms with Gasteiger partial charge >= 0.3 is 0 Å². The van der Waals surface area contributed by atoms with Crippen LogP contribution >= 0.6 is 0 Å². The van der Waals surface area contributed by atoms with Crippen molar-refractivity contribution in [3.05, 3.63) is 64.6 Å². The Labute approximate surface area is 181 Å². The normalized spacial score (nSPS) is 12.4. The van der Waals surface area contributed by atoms with Crippen molar-refractivity contribution in [1.29, 1.82) is 5.26 Å². The number of nitrogens with two attached hydrogens (primary N) is 1. The molecule has 1 atom stereocenters. The summed E-state index contributed by atoms with van der Waals surface area (Å²) in [4.78, 5) is 24.7. The summed E-state index contributed by atoms with van der Waals surface area (Å²) in [6, 6.07) is 6.46. The van der Waals surface area contributed by atoms with Gasteiger partial charge in [-0.05, 0) is 29.7 Å². The van der Waals surface area contributed by atoms with E-state index in [2.05, 4.69) is 10.4 Å². The second kappa shape index (κ2) is 8.34. The molecule has 0 saturated heterocycles. The van der Waals surface area contributed by atoms with Crippen molar-refractivity contribution in [2.24, 2.45) is 11.1 Å². The second-order valence-electron chi connectivity index (χ2n) is 8.36. The zero-order valence-corrected chi connectivity index (χ0v) is 17.5. The predicted molar refractivity (Wildman–Crippen MR) is 110 cm³/mol. The average Bonchev–Trinajstić information content (AvgIpc) is 3.08. The van der Waals surface area contributed by atoms with Crippen LogP contribution in [0.15, 0.2) is 30.3 Å². The van der Waals surface area contributed by atoms with Gasteiger partial charge in [0.25, 0.3) is 5.91 Å². The molecule has 166 valence electrons. The molecule has 1 aromatic heterocycles. The van der Waals surface area contributed by atoms with Crippen LogP contribution in [0, 0.1) is 34.2 Å². The molecule has 32 heavy (non-hydrogen) atoms. The summed E-state index contributed by atoms with van der Waals surface area (Å²) in [5, 5.41) is 15.4. The number of hydrogen-bond acceptors (Lipinski definition) is 4. The molecule has 2 aromatic carbocycles. The SMILES string of the molecule is CC(C)(C)[C@H](NC(=O)c1nn(Cc2ccc(C#N)cc2F)c2c(F)c(F)ccc12)C(N)=O. The fourth-order valence-corrected chi connectivity index (χ4v) is 3.31. The predicted octanol–water partition coefficient (Wildman–Crippen LogP) is 3.00. The molecule has 0 aliphatic rings. The summed E-state index contributed by atoms with van der Waals surface area (Å²) in [6.07, 6.45) is 0. The van der Waals surface area contributed by atoms with E-state index in [1.54, 1.807) is 26.8 Å². The average molecular weight is 443 g/mol. The molecule has 0 aliphatic carbocycles. The van der Waals surface area contributed by atoms with Gasteiger partial charge in [-0.15, -0.1) is 0 Å². The topological polar surface area (TPSA) is 114 Å². The number of carbonyl (C=O) groups is 2. The van der Waals surface area contributed by atoms with Crippen LogP contribution in [0.25, 0.3) is 10.9 Å². The number of amides is 2. The lowest BCUT2D eigenvalue weighted by molar-refractivity contribution is -0.122. The van der Waals surface area contributed by atoms with Crippen LogP contribution < -0.4 is 11.1 Å². The summed E-state index contributed by atoms with van der Waals surface area (Å²) < 4.78 is 43.9. The number of rotatable bonds is 5. The van der Waals surface area contributed by atoms with E-state index in [1.807, 2.05) is 0 Å². The molecule has 0 spiro atoms. The van der Waals surface area contributed by atoms with E-state index in [0.717, 1.165) is 16.8 Å². The van der Waals surface area contributed by atoms with Crippen LogP contribution in [-0.4, -0.2) is 27.6 Å². The van der Waals surface area contributed by atoms with E-state index in [1.165, 1.54) is 18.2 Å². The van der Waals surface area contributed by atoms with Crippen molar-refractivity contribution >= 4 is 22.7 Å². The zero-order chi connectivity index (χ0) is 23.8. The maximum absolute atomic E-state index is 14.7. The van der Waals surface area contributed by atoms with Gasteiger partial charge in [0, 0.05) is 10.9 Å². The van der Waals surface area contributed by atoms with E-state index >= 15 is 0 Å². The highest BCUT2D eigenvalue weighted by Gasteiger charge is 2.33. The zero-order valence-electron chi connectivity index (χ0n) is 17.5. The first-order chi connectivity index (χ1) is 14.9. The van der Waals surface area contributed by atoms with Gasteiger partial charge in [-0.2, -0.15) is 10.4 Å². The third kappa shape index (κ3) is 4.27. The number of aromatic nitrogens is 2. The highest BCUT2D eigenvalue weighted by molar-refractivity contribution is 6.06. The molecule has 0 saturated carbocycles. The number of hydrogen-bond donors (Lipinski definition) is 2. The minimum absolute atomic E-state index is 0.0208. The number of nitriles is 1. The fourth-order valence-electron chi connectivity index (χ4n) is 3.31. The Morgan fingerprint density at radius 2 is 1.88 bits per heavy atom. The van der Waals surface area contributed by atoms with E-state index < -0.39 is 40.7 Å². The van der Waals surface area contributed by atoms with Crippen LogP contribution in [-0.2, 0) is 11.3 Å². The number of primary amides is 1. The molecule has 2 amide bonds. The number of nitrogens with one attached hydrogen (secondary N) is 1. The first kappa shape index (κ1) is 22.8. The lowest BCUT2D eigenvalue weighted by Gasteiger charge is -2.28. The van der Waals surface area contributed by atoms with Crippen molar-refractivity contribution in [2.75, 3.05) is 0 Å². The number of benzene rings is 2. The first-order valence-corrected chi connectivity index (χ1v) is 9.57. The first-order valence-electron chi connectivity index (χ1n) is 9.57. The molecule has 0 unspecified atom stereocenters. The molecule has 7 nitrogen and oxygen atoms in total. The van der Waals surface area contributed by atoms with Gasteiger partial charge in [0.05, 0.1) is 18.2 Å². The lowest BCUT2D eigenvalue weighted by Crippen LogP contribution is -2.52. The van der Waals surface area contributed by atoms with Crippen molar-refractivity contribution in [3.8, 4) is 6.07 Å². The summed E-state index contributed by atoms with van der Waals surface area (Å²) in [6.45, 7) is 4.76. The largest absolute Gasteiger partial charge is 0.368 e. The van der Waals surface area contributed by atoms with Gasteiger partial charge in [-0.3, -0.25) is 14.3 Å². The van der Waals surface area contributed by atoms with Crippen molar-refractivity contribution in [2.45, 2.75) is 33.4 Å². The molecule has 0 fully saturated rings. The van der Waals surface area contributed by atoms with Crippen LogP contribution in [0.5, 0.6) is 0 Å². The number of carbonyl (C=O) groups excluding carboxylic acids is 2. The summed E-state index contributed by atoms with van der Waals surface area (Å²) >= 11 is 0. The third-order valence-electron chi connectivity index (χ3n) is 4.95. The van der Waals surface area contributed by atoms with Gasteiger partial charge in [0.2, 0.25) is 5.91 Å². The van der Waals surface area contributed by atoms with Gasteiger partial charge in [-0.1, -0.05) is 26.8 Å². The molecule has 3 aromatic rings. The highest BCUT2D eigenvalue weighted by Crippen LogP contribution is 2.26. The molecule has 0 aliphatic heterocycles. The van der Waals surface area contributed by atoms with Gasteiger partial charge in [-0.25, -0.2) is 13.2 Å². The van der Waals surface area contributed by atoms with E-state index in [9.17, 15) is 22.8 Å². The van der Waals surface area contributed by atoms with Crippen LogP contribution in [0.1, 0.15) is 42.4 Å². The third-order valence-corrected chi connectivity index (χ3v) is 4.95. The summed E-state index contributed by atoms with van der Waals surface area (Å²) in [5.41, 5.74) is 4.20. The Morgan fingerprint density at radius 1 is 1.19 bits per heavy atom. The molecule has 10 heteroatoms. The van der Waals surface area contributed by atoms with E-state index in [4.69, 9.17) is 11.0 Å². The molecule has 0 radical (unpaired) electrons. The van der Waals surface area contributed by atoms with Gasteiger partial charge in [0.15, 0.2) is 17.3 Å². The number of nitrogens with zero attached hydrogens (tertiary/aromatic N) is 3. The molecule has 1 heterocycles. The quantitative estimate of drug-likeness (QED) is 0.631. The minimum Gasteiger partial charge on any atom is -0.368 e. The molecule has 0 bridgehead atoms. The number of fused-ring (bicyclic) bond motifs is 1. The van der Waals surface area contributed by atoms with E-state index in [0.29, 0.717) is 0 Å². The Bertz CT molecular complexity index is 1270. The Balaban J connectivity index is 2.10. The van der Waals surface area contributed by atoms with Crippen molar-refractivity contribution in [3.63, 3.8) is 0 Å². The second-order valence-corrected chi connectivity index (χ2v) is 8.36. The van der Waals surface area contributed by atoms with E-state index in [-0.39, 0.29) is 34.3 Å². The van der Waals surface area contributed by atoms with Crippen LogP contribution in [0.4, 0.5) is 13.2 Å². The standard InChI is InChI=1S/C22H20F3N5O2/c1-22(2,3)19(20(27)31)28-21(32)17-13-6-7-14(23)16(25)18(13)30(29-17)10-12-5-4-11(9-26)8-15(12)24/h4-8,19H,10H2,1-3H3,(H2,27,31)(H,28,32)/t19-/m1/s1. The Morgan fingerprint density at radius 3 is 2.44 bits per heavy atom. The number of halogens is 3. The van der Waals surface area contributed by atoms with Crippen LogP contribution in [0.3, 0.4) is 0 Å². The molecule has 3 N–H and O–H groups in total. The summed E-state index contributed by atoms with van der Waals surface area (Å²) in [7, 11) is 0. The van der Waals surface area contributed by atoms with Crippen LogP contribution in [0.2, 0.25) is 0 Å². The molecule has 3 rings (SSSR count). The smallest absolute Gasteiger partial charge is 0.273 e. The summed E-state index contributed by atoms with van der Waals surface area (Å²) in [5.74, 6) is -4.76. The van der Waals surface area contributed by atoms with Crippen molar-refractivity contribution < 1.29 is 22.8 Å². The maximum Gasteiger partial charge on any atom is 0.273 e. The highest BCUT2D eigenvalue weighted by atomic mass is 19.2. The minimum atomic E-state index is -1.26. The van der Waals surface area contributed by atoms with Gasteiger partial charge in [0.1, 0.15) is 17.4 Å².